The van der Waals surface area contributed by atoms with Crippen LogP contribution < -0.4 is 0 Å². The molecule has 6 heteroatoms. The summed E-state index contributed by atoms with van der Waals surface area (Å²) in [6.45, 7) is 5.74. The average Bonchev–Trinajstić information content (AvgIpc) is 2.84. The number of nitrogens with zero attached hydrogens (tertiary/aromatic N) is 3. The van der Waals surface area contributed by atoms with Crippen molar-refractivity contribution in [3.63, 3.8) is 0 Å². The Hall–Kier alpha value is -1.69. The smallest absolute Gasteiger partial charge is 0.209 e. The molecule has 2 heterocycles. The van der Waals surface area contributed by atoms with Crippen molar-refractivity contribution in [1.29, 1.82) is 0 Å². The Labute approximate surface area is 116 Å². The van der Waals surface area contributed by atoms with Crippen LogP contribution in [-0.4, -0.2) is 31.7 Å². The van der Waals surface area contributed by atoms with Crippen molar-refractivity contribution >= 4 is 17.5 Å². The number of H-pyrrole nitrogens is 1. The van der Waals surface area contributed by atoms with E-state index in [-0.39, 0.29) is 11.2 Å². The summed E-state index contributed by atoms with van der Waals surface area (Å²) in [6.07, 6.45) is 3.40. The Bertz CT molecular complexity index is 560. The summed E-state index contributed by atoms with van der Waals surface area (Å²) in [4.78, 5) is 20.1. The van der Waals surface area contributed by atoms with Crippen molar-refractivity contribution < 1.29 is 4.79 Å². The van der Waals surface area contributed by atoms with Crippen LogP contribution in [0.15, 0.2) is 29.7 Å². The van der Waals surface area contributed by atoms with Gasteiger partial charge in [0, 0.05) is 23.4 Å². The van der Waals surface area contributed by atoms with Crippen LogP contribution >= 0.6 is 11.8 Å². The highest BCUT2D eigenvalue weighted by atomic mass is 32.2. The first-order valence-electron chi connectivity index (χ1n) is 5.96. The van der Waals surface area contributed by atoms with Gasteiger partial charge in [-0.2, -0.15) is 0 Å². The molecule has 0 unspecified atom stereocenters. The Morgan fingerprint density at radius 2 is 2.00 bits per heavy atom. The van der Waals surface area contributed by atoms with Crippen LogP contribution in [0.5, 0.6) is 0 Å². The normalized spacial score (nSPS) is 11.5. The predicted octanol–water partition coefficient (Wildman–Crippen LogP) is 2.57. The van der Waals surface area contributed by atoms with Crippen LogP contribution in [0.2, 0.25) is 0 Å². The number of hydrogen-bond donors (Lipinski definition) is 1. The van der Waals surface area contributed by atoms with Gasteiger partial charge in [-0.25, -0.2) is 4.98 Å². The number of aromatic nitrogens is 4. The van der Waals surface area contributed by atoms with E-state index in [2.05, 4.69) is 20.2 Å². The van der Waals surface area contributed by atoms with E-state index in [1.807, 2.05) is 32.9 Å². The second-order valence-electron chi connectivity index (χ2n) is 5.16. The second kappa shape index (κ2) is 5.52. The molecule has 5 nitrogen and oxygen atoms in total. The molecule has 0 bridgehead atoms. The molecule has 2 rings (SSSR count). The van der Waals surface area contributed by atoms with Gasteiger partial charge in [-0.3, -0.25) is 14.9 Å². The first kappa shape index (κ1) is 13.7. The molecule has 0 aromatic carbocycles. The molecule has 0 aliphatic carbocycles. The molecule has 1 N–H and O–H groups in total. The van der Waals surface area contributed by atoms with Crippen LogP contribution in [0.25, 0.3) is 11.4 Å². The van der Waals surface area contributed by atoms with Gasteiger partial charge in [0.25, 0.3) is 0 Å². The first-order chi connectivity index (χ1) is 8.97. The average molecular weight is 276 g/mol. The SMILES string of the molecule is CC(C)(C)C(=O)CSc1n[nH]c(-c2ccncc2)n1. The third-order valence-electron chi connectivity index (χ3n) is 2.59. The standard InChI is InChI=1S/C13H16N4OS/c1-13(2,3)10(18)8-19-12-15-11(16-17-12)9-4-6-14-7-5-9/h4-7H,8H2,1-3H3,(H,15,16,17). The van der Waals surface area contributed by atoms with Gasteiger partial charge in [0.15, 0.2) is 5.82 Å². The molecule has 19 heavy (non-hydrogen) atoms. The van der Waals surface area contributed by atoms with Crippen molar-refractivity contribution in [3.8, 4) is 11.4 Å². The topological polar surface area (TPSA) is 71.5 Å². The van der Waals surface area contributed by atoms with Gasteiger partial charge in [-0.1, -0.05) is 32.5 Å². The van der Waals surface area contributed by atoms with Crippen LogP contribution in [-0.2, 0) is 4.79 Å². The molecule has 0 saturated carbocycles. The van der Waals surface area contributed by atoms with E-state index in [9.17, 15) is 4.79 Å². The third-order valence-corrected chi connectivity index (χ3v) is 3.43. The zero-order valence-corrected chi connectivity index (χ0v) is 12.0. The lowest BCUT2D eigenvalue weighted by atomic mass is 9.92. The first-order valence-corrected chi connectivity index (χ1v) is 6.94. The summed E-state index contributed by atoms with van der Waals surface area (Å²) < 4.78 is 0. The number of nitrogens with one attached hydrogen (secondary N) is 1. The number of carbonyl (C=O) groups is 1. The number of thioether (sulfide) groups is 1. The molecule has 100 valence electrons. The highest BCUT2D eigenvalue weighted by Gasteiger charge is 2.21. The summed E-state index contributed by atoms with van der Waals surface area (Å²) >= 11 is 1.35. The number of hydrogen-bond acceptors (Lipinski definition) is 5. The molecule has 0 fully saturated rings. The molecule has 0 aliphatic rings. The molecular formula is C13H16N4OS. The molecular weight excluding hydrogens is 260 g/mol. The van der Waals surface area contributed by atoms with Gasteiger partial charge in [0.1, 0.15) is 5.78 Å². The molecule has 0 spiro atoms. The zero-order chi connectivity index (χ0) is 13.9. The van der Waals surface area contributed by atoms with Gasteiger partial charge in [-0.05, 0) is 12.1 Å². The van der Waals surface area contributed by atoms with Crippen LogP contribution in [0, 0.1) is 5.41 Å². The maximum absolute atomic E-state index is 11.8. The van der Waals surface area contributed by atoms with Crippen LogP contribution in [0.4, 0.5) is 0 Å². The number of pyridine rings is 1. The maximum Gasteiger partial charge on any atom is 0.209 e. The fraction of sp³-hybridized carbons (Fsp3) is 0.385. The molecule has 2 aromatic rings. The van der Waals surface area contributed by atoms with Gasteiger partial charge < -0.3 is 0 Å². The summed E-state index contributed by atoms with van der Waals surface area (Å²) in [7, 11) is 0. The van der Waals surface area contributed by atoms with Gasteiger partial charge in [0.05, 0.1) is 5.75 Å². The van der Waals surface area contributed by atoms with E-state index in [1.165, 1.54) is 11.8 Å². The molecule has 0 aliphatic heterocycles. The largest absolute Gasteiger partial charge is 0.298 e. The van der Waals surface area contributed by atoms with Crippen molar-refractivity contribution in [1.82, 2.24) is 20.2 Å². The lowest BCUT2D eigenvalue weighted by Gasteiger charge is -2.14. The monoisotopic (exact) mass is 276 g/mol. The number of rotatable bonds is 4. The number of aromatic amines is 1. The van der Waals surface area contributed by atoms with Crippen molar-refractivity contribution in [2.45, 2.75) is 25.9 Å². The summed E-state index contributed by atoms with van der Waals surface area (Å²) in [5, 5.41) is 7.55. The van der Waals surface area contributed by atoms with E-state index in [0.29, 0.717) is 16.7 Å². The quantitative estimate of drug-likeness (QED) is 0.869. The van der Waals surface area contributed by atoms with Gasteiger partial charge in [0.2, 0.25) is 5.16 Å². The fourth-order valence-electron chi connectivity index (χ4n) is 1.30. The van der Waals surface area contributed by atoms with Gasteiger partial charge in [-0.15, -0.1) is 5.10 Å². The summed E-state index contributed by atoms with van der Waals surface area (Å²) in [5.41, 5.74) is 0.605. The van der Waals surface area contributed by atoms with Crippen molar-refractivity contribution in [2.75, 3.05) is 5.75 Å². The number of carbonyl (C=O) groups excluding carboxylic acids is 1. The molecule has 0 saturated heterocycles. The van der Waals surface area contributed by atoms with Gasteiger partial charge >= 0.3 is 0 Å². The number of ketones is 1. The minimum absolute atomic E-state index is 0.188. The van der Waals surface area contributed by atoms with Crippen molar-refractivity contribution in [2.24, 2.45) is 5.41 Å². The lowest BCUT2D eigenvalue weighted by molar-refractivity contribution is -0.123. The second-order valence-corrected chi connectivity index (χ2v) is 6.11. The third kappa shape index (κ3) is 3.64. The van der Waals surface area contributed by atoms with Crippen LogP contribution in [0.3, 0.4) is 0 Å². The Morgan fingerprint density at radius 3 is 2.63 bits per heavy atom. The Balaban J connectivity index is 2.01. The van der Waals surface area contributed by atoms with E-state index in [1.54, 1.807) is 12.4 Å². The number of Topliss-reactive ketones (excluding diaryl/α,β-unsaturated/α-hetero) is 1. The van der Waals surface area contributed by atoms with E-state index in [0.717, 1.165) is 5.56 Å². The Kier molecular flexibility index (Phi) is 3.99. The predicted molar refractivity (Wildman–Crippen MR) is 74.8 cm³/mol. The molecule has 0 radical (unpaired) electrons. The highest BCUT2D eigenvalue weighted by Crippen LogP contribution is 2.22. The lowest BCUT2D eigenvalue weighted by Crippen LogP contribution is -2.22. The van der Waals surface area contributed by atoms with E-state index >= 15 is 0 Å². The summed E-state index contributed by atoms with van der Waals surface area (Å²) in [6, 6.07) is 3.71. The molecule has 0 amide bonds. The summed E-state index contributed by atoms with van der Waals surface area (Å²) in [5.74, 6) is 1.26. The van der Waals surface area contributed by atoms with E-state index in [4.69, 9.17) is 0 Å². The molecule has 2 aromatic heterocycles. The molecule has 0 atom stereocenters. The highest BCUT2D eigenvalue weighted by molar-refractivity contribution is 7.99. The Morgan fingerprint density at radius 1 is 1.32 bits per heavy atom. The van der Waals surface area contributed by atoms with Crippen LogP contribution in [0.1, 0.15) is 20.8 Å². The minimum Gasteiger partial charge on any atom is -0.298 e. The zero-order valence-electron chi connectivity index (χ0n) is 11.2. The van der Waals surface area contributed by atoms with E-state index < -0.39 is 0 Å². The van der Waals surface area contributed by atoms with Crippen molar-refractivity contribution in [3.05, 3.63) is 24.5 Å². The fourth-order valence-corrected chi connectivity index (χ4v) is 2.26. The maximum atomic E-state index is 11.8. The minimum atomic E-state index is -0.322.